The van der Waals surface area contributed by atoms with Crippen LogP contribution in [0.25, 0.3) is 0 Å². The molecule has 0 amide bonds. The van der Waals surface area contributed by atoms with Gasteiger partial charge in [0.25, 0.3) is 0 Å². The Morgan fingerprint density at radius 3 is 1.43 bits per heavy atom. The monoisotopic (exact) mass is 628 g/mol. The number of benzene rings is 4. The van der Waals surface area contributed by atoms with Crippen molar-refractivity contribution in [2.24, 2.45) is 0 Å². The molecule has 42 heavy (non-hydrogen) atoms. The van der Waals surface area contributed by atoms with E-state index >= 15 is 0 Å². The van der Waals surface area contributed by atoms with Gasteiger partial charge in [-0.25, -0.2) is 0 Å². The average Bonchev–Trinajstić information content (AvgIpc) is 2.99. The van der Waals surface area contributed by atoms with Gasteiger partial charge in [0.15, 0.2) is 0 Å². The van der Waals surface area contributed by atoms with Crippen LogP contribution in [0, 0.1) is 0 Å². The van der Waals surface area contributed by atoms with E-state index in [9.17, 15) is 4.57 Å². The predicted octanol–water partition coefficient (Wildman–Crippen LogP) is 10.2. The second-order valence-electron chi connectivity index (χ2n) is 9.89. The molecule has 7 nitrogen and oxygen atoms in total. The summed E-state index contributed by atoms with van der Waals surface area (Å²) in [6, 6.07) is 35.5. The first-order valence-corrected chi connectivity index (χ1v) is 18.1. The van der Waals surface area contributed by atoms with Crippen LogP contribution in [0.1, 0.15) is 32.1 Å². The van der Waals surface area contributed by atoms with E-state index < -0.39 is 15.3 Å². The molecule has 1 aliphatic rings. The van der Waals surface area contributed by atoms with Crippen LogP contribution in [0.4, 0.5) is 0 Å². The van der Waals surface area contributed by atoms with Crippen LogP contribution in [0.3, 0.4) is 0 Å². The number of para-hydroxylation sites is 4. The molecule has 0 heterocycles. The molecule has 4 aromatic rings. The van der Waals surface area contributed by atoms with Gasteiger partial charge in [-0.3, -0.25) is 0 Å². The molecular formula is C32H35ClO7P2. The van der Waals surface area contributed by atoms with Crippen LogP contribution in [0.5, 0.6) is 23.0 Å². The second kappa shape index (κ2) is 13.9. The fourth-order valence-corrected chi connectivity index (χ4v) is 11.4. The third-order valence-electron chi connectivity index (χ3n) is 6.58. The normalized spacial score (nSPS) is 15.2. The van der Waals surface area contributed by atoms with Crippen molar-refractivity contribution in [2.45, 2.75) is 38.2 Å². The molecule has 1 fully saturated rings. The van der Waals surface area contributed by atoms with Crippen molar-refractivity contribution in [3.63, 3.8) is 0 Å². The molecule has 0 aromatic heterocycles. The summed E-state index contributed by atoms with van der Waals surface area (Å²) in [6.45, 7) is 0. The van der Waals surface area contributed by atoms with Gasteiger partial charge in [0.05, 0.1) is 0 Å². The standard InChI is InChI=1S/C32H35ClO7P2/c33-26-27-42(37-30-20-10-3-11-21-30,38-31-22-12-4-13-23-31,39-32-24-14-5-15-25-32)40-41(34,35-28-16-6-1-7-17-28)36-29-18-8-2-9-19-29/h1-4,6-13,16-23,32H,5,14-15,24-27H2. The number of halogens is 1. The van der Waals surface area contributed by atoms with E-state index in [-0.39, 0.29) is 29.6 Å². The summed E-state index contributed by atoms with van der Waals surface area (Å²) in [5, 5.41) is 0. The Kier molecular flexibility index (Phi) is 10.1. The van der Waals surface area contributed by atoms with Crippen LogP contribution in [0.15, 0.2) is 121 Å². The van der Waals surface area contributed by atoms with E-state index in [0.29, 0.717) is 11.5 Å². The van der Waals surface area contributed by atoms with E-state index in [2.05, 4.69) is 0 Å². The van der Waals surface area contributed by atoms with Gasteiger partial charge in [0.1, 0.15) is 0 Å². The molecule has 0 unspecified atom stereocenters. The summed E-state index contributed by atoms with van der Waals surface area (Å²) in [5.74, 6) is 1.37. The van der Waals surface area contributed by atoms with Gasteiger partial charge in [-0.2, -0.15) is 0 Å². The maximum absolute atomic E-state index is 15.0. The molecule has 4 aromatic carbocycles. The molecule has 222 valence electrons. The zero-order valence-electron chi connectivity index (χ0n) is 23.2. The van der Waals surface area contributed by atoms with E-state index in [1.807, 2.05) is 48.5 Å². The first kappa shape index (κ1) is 30.4. The zero-order valence-corrected chi connectivity index (χ0v) is 25.7. The number of rotatable bonds is 14. The average molecular weight is 629 g/mol. The Labute approximate surface area is 252 Å². The van der Waals surface area contributed by atoms with Gasteiger partial charge >= 0.3 is 253 Å². The zero-order chi connectivity index (χ0) is 29.2. The van der Waals surface area contributed by atoms with Gasteiger partial charge in [0.2, 0.25) is 0 Å². The van der Waals surface area contributed by atoms with Crippen molar-refractivity contribution in [1.29, 1.82) is 0 Å². The van der Waals surface area contributed by atoms with Crippen LogP contribution in [-0.4, -0.2) is 18.1 Å². The van der Waals surface area contributed by atoms with E-state index in [0.717, 1.165) is 32.1 Å². The Bertz CT molecular complexity index is 1340. The maximum atomic E-state index is 15.0. The van der Waals surface area contributed by atoms with E-state index in [1.54, 1.807) is 72.8 Å². The summed E-state index contributed by atoms with van der Waals surface area (Å²) in [4.78, 5) is 0. The molecule has 1 saturated carbocycles. The fraction of sp³-hybridized carbons (Fsp3) is 0.250. The summed E-state index contributed by atoms with van der Waals surface area (Å²) in [6.07, 6.45) is 4.17. The van der Waals surface area contributed by atoms with Gasteiger partial charge in [-0.1, -0.05) is 0 Å². The van der Waals surface area contributed by atoms with Crippen molar-refractivity contribution in [1.82, 2.24) is 0 Å². The molecule has 0 spiro atoms. The Hall–Kier alpha value is -3.05. The number of hydrogen-bond donors (Lipinski definition) is 0. The van der Waals surface area contributed by atoms with E-state index in [4.69, 9.17) is 38.5 Å². The SMILES string of the molecule is O=P(Oc1ccccc1)(Oc1ccccc1)OP(CCCl)(Oc1ccccc1)(Oc1ccccc1)OC1CCCCC1. The second-order valence-corrected chi connectivity index (χ2v) is 15.1. The Morgan fingerprint density at radius 2 is 1.02 bits per heavy atom. The summed E-state index contributed by atoms with van der Waals surface area (Å²) < 4.78 is 54.2. The number of alkyl halides is 1. The number of hydrogen-bond acceptors (Lipinski definition) is 7. The van der Waals surface area contributed by atoms with Gasteiger partial charge < -0.3 is 0 Å². The first-order chi connectivity index (χ1) is 20.5. The molecule has 0 aliphatic heterocycles. The van der Waals surface area contributed by atoms with Gasteiger partial charge in [-0.05, 0) is 0 Å². The molecular weight excluding hydrogens is 594 g/mol. The molecule has 0 N–H and O–H groups in total. The Balaban J connectivity index is 1.68. The van der Waals surface area contributed by atoms with Gasteiger partial charge in [0, 0.05) is 0 Å². The molecule has 1 aliphatic carbocycles. The topological polar surface area (TPSA) is 72.5 Å². The van der Waals surface area contributed by atoms with Crippen LogP contribution >= 0.6 is 26.9 Å². The quantitative estimate of drug-likeness (QED) is 0.102. The number of phosphoric acid groups is 1. The van der Waals surface area contributed by atoms with Crippen molar-refractivity contribution in [3.05, 3.63) is 121 Å². The summed E-state index contributed by atoms with van der Waals surface area (Å²) in [7, 11) is -9.63. The van der Waals surface area contributed by atoms with Crippen LogP contribution in [-0.2, 0) is 13.4 Å². The molecule has 0 saturated heterocycles. The van der Waals surface area contributed by atoms with Gasteiger partial charge in [-0.15, -0.1) is 0 Å². The van der Waals surface area contributed by atoms with Crippen LogP contribution < -0.4 is 18.1 Å². The fourth-order valence-electron chi connectivity index (χ4n) is 4.73. The molecule has 5 rings (SSSR count). The van der Waals surface area contributed by atoms with Crippen molar-refractivity contribution < 1.29 is 31.5 Å². The van der Waals surface area contributed by atoms with Crippen molar-refractivity contribution >= 4 is 26.9 Å². The Morgan fingerprint density at radius 1 is 0.619 bits per heavy atom. The first-order valence-electron chi connectivity index (χ1n) is 14.1. The summed E-state index contributed by atoms with van der Waals surface area (Å²) in [5.41, 5.74) is 0. The van der Waals surface area contributed by atoms with Crippen molar-refractivity contribution in [2.75, 3.05) is 12.0 Å². The molecule has 0 bridgehead atoms. The minimum absolute atomic E-state index is 0.0148. The predicted molar refractivity (Wildman–Crippen MR) is 167 cm³/mol. The van der Waals surface area contributed by atoms with E-state index in [1.165, 1.54) is 0 Å². The third-order valence-corrected chi connectivity index (χ3v) is 12.8. The third kappa shape index (κ3) is 8.06. The summed E-state index contributed by atoms with van der Waals surface area (Å²) >= 11 is 6.52. The number of phosphoric ester groups is 1. The van der Waals surface area contributed by atoms with Crippen LogP contribution in [0.2, 0.25) is 0 Å². The molecule has 0 radical (unpaired) electrons. The minimum atomic E-state index is -5.03. The van der Waals surface area contributed by atoms with Crippen molar-refractivity contribution in [3.8, 4) is 23.0 Å². The molecule has 10 heteroatoms. The molecule has 0 atom stereocenters.